The number of hydrogen-bond donors (Lipinski definition) is 3. The van der Waals surface area contributed by atoms with E-state index in [9.17, 15) is 23.6 Å². The Morgan fingerprint density at radius 2 is 1.94 bits per heavy atom. The van der Waals surface area contributed by atoms with E-state index in [0.717, 1.165) is 0 Å². The fourth-order valence-electron chi connectivity index (χ4n) is 4.50. The van der Waals surface area contributed by atoms with Gasteiger partial charge in [-0.05, 0) is 74.0 Å². The number of carbonyl (C=O) groups excluding carboxylic acids is 1. The van der Waals surface area contributed by atoms with Gasteiger partial charge in [0.2, 0.25) is 0 Å². The summed E-state index contributed by atoms with van der Waals surface area (Å²) in [5.74, 6) is -0.378. The molecule has 7 nitrogen and oxygen atoms in total. The quantitative estimate of drug-likeness (QED) is 0.303. The van der Waals surface area contributed by atoms with E-state index in [-0.39, 0.29) is 17.4 Å². The Morgan fingerprint density at radius 1 is 1.19 bits per heavy atom. The van der Waals surface area contributed by atoms with Gasteiger partial charge < -0.3 is 5.32 Å². The van der Waals surface area contributed by atoms with E-state index in [1.54, 1.807) is 60.1 Å². The Labute approximate surface area is 213 Å². The summed E-state index contributed by atoms with van der Waals surface area (Å²) in [4.78, 5) is 13.2. The molecule has 0 aliphatic carbocycles. The minimum Gasteiger partial charge on any atom is -0.345 e. The van der Waals surface area contributed by atoms with E-state index in [0.29, 0.717) is 50.4 Å². The van der Waals surface area contributed by atoms with Gasteiger partial charge in [-0.3, -0.25) is 13.9 Å². The summed E-state index contributed by atoms with van der Waals surface area (Å²) < 4.78 is 35.3. The van der Waals surface area contributed by atoms with Gasteiger partial charge in [0.1, 0.15) is 11.5 Å². The van der Waals surface area contributed by atoms with Crippen LogP contribution in [0.2, 0.25) is 5.02 Å². The number of fused-ring (bicyclic) bond motifs is 1. The maximum atomic E-state index is 13.6. The minimum absolute atomic E-state index is 0.110. The van der Waals surface area contributed by atoms with Crippen LogP contribution in [0.15, 0.2) is 60.7 Å². The number of hydrogen-bond acceptors (Lipinski definition) is 5. The summed E-state index contributed by atoms with van der Waals surface area (Å²) in [6, 6.07) is 17.9. The highest BCUT2D eigenvalue weighted by Gasteiger charge is 2.39. The highest BCUT2D eigenvalue weighted by Crippen LogP contribution is 2.50. The number of rotatable bonds is 4. The molecule has 0 saturated carbocycles. The van der Waals surface area contributed by atoms with Gasteiger partial charge in [0.15, 0.2) is 0 Å². The summed E-state index contributed by atoms with van der Waals surface area (Å²) in [5.41, 5.74) is 2.29. The van der Waals surface area contributed by atoms with Crippen LogP contribution in [0.4, 0.5) is 4.39 Å². The molecule has 1 amide bonds. The Morgan fingerprint density at radius 3 is 2.61 bits per heavy atom. The SMILES string of the molecule is CC1(NC(=O)c2ccc3c(-c4cc(C#N)ccc4Cl)nn(-c4ccc(F)cc4)c3c2)CCS(O)(O)C1. The predicted molar refractivity (Wildman–Crippen MR) is 139 cm³/mol. The number of aromatic nitrogens is 2. The normalized spacial score (nSPS) is 19.7. The van der Waals surface area contributed by atoms with Gasteiger partial charge in [-0.1, -0.05) is 11.6 Å². The molecule has 1 fully saturated rings. The molecule has 2 heterocycles. The lowest BCUT2D eigenvalue weighted by atomic mass is 10.0. The predicted octanol–water partition coefficient (Wildman–Crippen LogP) is 6.00. The van der Waals surface area contributed by atoms with Crippen LogP contribution in [-0.4, -0.2) is 41.8 Å². The fraction of sp³-hybridized carbons (Fsp3) is 0.192. The second-order valence-corrected chi connectivity index (χ2v) is 11.9. The summed E-state index contributed by atoms with van der Waals surface area (Å²) in [6.07, 6.45) is 0.467. The maximum absolute atomic E-state index is 13.6. The van der Waals surface area contributed by atoms with E-state index >= 15 is 0 Å². The molecule has 0 bridgehead atoms. The van der Waals surface area contributed by atoms with E-state index in [4.69, 9.17) is 16.7 Å². The van der Waals surface area contributed by atoms with Gasteiger partial charge in [0, 0.05) is 22.3 Å². The van der Waals surface area contributed by atoms with Crippen LogP contribution in [0.3, 0.4) is 0 Å². The zero-order chi connectivity index (χ0) is 25.7. The van der Waals surface area contributed by atoms with Gasteiger partial charge >= 0.3 is 0 Å². The molecule has 1 aliphatic heterocycles. The Bertz CT molecular complexity index is 1550. The maximum Gasteiger partial charge on any atom is 0.251 e. The molecule has 0 spiro atoms. The molecule has 4 aromatic rings. The number of nitrogens with zero attached hydrogens (tertiary/aromatic N) is 3. The number of halogens is 2. The van der Waals surface area contributed by atoms with Crippen molar-refractivity contribution in [2.75, 3.05) is 11.5 Å². The fourth-order valence-corrected chi connectivity index (χ4v) is 6.86. The van der Waals surface area contributed by atoms with Crippen molar-refractivity contribution < 1.29 is 18.3 Å². The molecule has 10 heteroatoms. The number of nitriles is 1. The van der Waals surface area contributed by atoms with Gasteiger partial charge in [0.25, 0.3) is 5.91 Å². The molecular formula is C26H22ClFN4O3S. The van der Waals surface area contributed by atoms with Gasteiger partial charge in [-0.15, -0.1) is 0 Å². The largest absolute Gasteiger partial charge is 0.345 e. The smallest absolute Gasteiger partial charge is 0.251 e. The number of amides is 1. The van der Waals surface area contributed by atoms with Crippen molar-refractivity contribution in [2.45, 2.75) is 18.9 Å². The van der Waals surface area contributed by atoms with Crippen molar-refractivity contribution in [3.05, 3.63) is 82.6 Å². The molecule has 0 radical (unpaired) electrons. The van der Waals surface area contributed by atoms with Crippen molar-refractivity contribution in [1.29, 1.82) is 5.26 Å². The Balaban J connectivity index is 1.63. The minimum atomic E-state index is -2.69. The highest BCUT2D eigenvalue weighted by atomic mass is 35.5. The zero-order valence-corrected chi connectivity index (χ0v) is 20.8. The lowest BCUT2D eigenvalue weighted by molar-refractivity contribution is 0.0915. The molecule has 1 saturated heterocycles. The first-order chi connectivity index (χ1) is 17.1. The van der Waals surface area contributed by atoms with Crippen LogP contribution in [0.25, 0.3) is 27.8 Å². The average Bonchev–Trinajstić information content (AvgIpc) is 3.35. The third kappa shape index (κ3) is 4.56. The van der Waals surface area contributed by atoms with E-state index < -0.39 is 21.9 Å². The molecule has 1 aromatic heterocycles. The van der Waals surface area contributed by atoms with Crippen molar-refractivity contribution >= 4 is 39.0 Å². The molecule has 3 N–H and O–H groups in total. The summed E-state index contributed by atoms with van der Waals surface area (Å²) >= 11 is 6.47. The van der Waals surface area contributed by atoms with Crippen LogP contribution < -0.4 is 5.32 Å². The second kappa shape index (κ2) is 8.91. The van der Waals surface area contributed by atoms with Crippen molar-refractivity contribution in [2.24, 2.45) is 0 Å². The molecule has 1 atom stereocenters. The first-order valence-electron chi connectivity index (χ1n) is 11.1. The first kappa shape index (κ1) is 24.3. The molecule has 184 valence electrons. The van der Waals surface area contributed by atoms with E-state index in [1.807, 2.05) is 0 Å². The van der Waals surface area contributed by atoms with Crippen LogP contribution in [0.5, 0.6) is 0 Å². The van der Waals surface area contributed by atoms with Crippen LogP contribution >= 0.6 is 22.2 Å². The second-order valence-electron chi connectivity index (χ2n) is 9.19. The van der Waals surface area contributed by atoms with E-state index in [1.165, 1.54) is 12.1 Å². The lowest BCUT2D eigenvalue weighted by Gasteiger charge is -2.30. The van der Waals surface area contributed by atoms with Crippen molar-refractivity contribution in [3.8, 4) is 23.0 Å². The van der Waals surface area contributed by atoms with Crippen molar-refractivity contribution in [3.63, 3.8) is 0 Å². The number of carbonyl (C=O) groups is 1. The summed E-state index contributed by atoms with van der Waals surface area (Å²) in [6.45, 7) is 1.80. The molecule has 36 heavy (non-hydrogen) atoms. The van der Waals surface area contributed by atoms with E-state index in [2.05, 4.69) is 11.4 Å². The standard InChI is InChI=1S/C26H22ClFN4O3S/c1-26(10-11-36(34,35)15-26)30-25(33)17-3-8-20-23(13-17)32(19-6-4-18(28)5-7-19)31-24(20)21-12-16(14-29)2-9-22(21)27/h2-9,12-13,34-35H,10-11,15H2,1H3,(H,30,33). The lowest BCUT2D eigenvalue weighted by Crippen LogP contribution is -2.46. The van der Waals surface area contributed by atoms with Crippen molar-refractivity contribution in [1.82, 2.24) is 15.1 Å². The van der Waals surface area contributed by atoms with Crippen LogP contribution in [0, 0.1) is 17.1 Å². The third-order valence-corrected chi connectivity index (χ3v) is 8.60. The molecular weight excluding hydrogens is 503 g/mol. The summed E-state index contributed by atoms with van der Waals surface area (Å²) in [7, 11) is -2.69. The van der Waals surface area contributed by atoms with Gasteiger partial charge in [0.05, 0.1) is 39.2 Å². The number of nitrogens with one attached hydrogen (secondary N) is 1. The average molecular weight is 525 g/mol. The van der Waals surface area contributed by atoms with Crippen LogP contribution in [-0.2, 0) is 0 Å². The summed E-state index contributed by atoms with van der Waals surface area (Å²) in [5, 5.41) is 18.1. The van der Waals surface area contributed by atoms with Gasteiger partial charge in [-0.2, -0.15) is 21.0 Å². The molecule has 1 unspecified atom stereocenters. The molecule has 5 rings (SSSR count). The molecule has 1 aliphatic rings. The number of benzene rings is 3. The Kier molecular flexibility index (Phi) is 6.01. The highest BCUT2D eigenvalue weighted by molar-refractivity contribution is 8.24. The third-order valence-electron chi connectivity index (χ3n) is 6.31. The zero-order valence-electron chi connectivity index (χ0n) is 19.2. The van der Waals surface area contributed by atoms with Crippen LogP contribution in [0.1, 0.15) is 29.3 Å². The molecule has 3 aromatic carbocycles. The Hall–Kier alpha value is -3.42. The monoisotopic (exact) mass is 524 g/mol. The topological polar surface area (TPSA) is 111 Å². The first-order valence-corrected chi connectivity index (χ1v) is 13.4. The van der Waals surface area contributed by atoms with Gasteiger partial charge in [-0.25, -0.2) is 9.07 Å².